The zero-order valence-electron chi connectivity index (χ0n) is 15.7. The lowest BCUT2D eigenvalue weighted by atomic mass is 10.1. The van der Waals surface area contributed by atoms with Crippen molar-refractivity contribution in [1.82, 2.24) is 0 Å². The highest BCUT2D eigenvalue weighted by Crippen LogP contribution is 2.03. The maximum Gasteiger partial charge on any atom is 0.229 e. The Balaban J connectivity index is 3.47. The van der Waals surface area contributed by atoms with Crippen molar-refractivity contribution in [1.29, 1.82) is 0 Å². The smallest absolute Gasteiger partial charge is 0.229 e. The van der Waals surface area contributed by atoms with Gasteiger partial charge in [-0.25, -0.2) is 0 Å². The molecule has 25 heavy (non-hydrogen) atoms. The predicted octanol–water partition coefficient (Wildman–Crippen LogP) is 5.77. The fraction of sp³-hybridized carbons (Fsp3) is 0.619. The number of nitrogens with zero attached hydrogens (tertiary/aromatic N) is 1. The molecule has 0 spiro atoms. The quantitative estimate of drug-likeness (QED) is 0.166. The molecule has 0 saturated carbocycles. The molecule has 4 nitrogen and oxygen atoms in total. The van der Waals surface area contributed by atoms with Gasteiger partial charge in [0.05, 0.1) is 0 Å². The van der Waals surface area contributed by atoms with Gasteiger partial charge in [0.1, 0.15) is 6.10 Å². The summed E-state index contributed by atoms with van der Waals surface area (Å²) < 4.78 is 0. The highest BCUT2D eigenvalue weighted by molar-refractivity contribution is 4.99. The molecule has 142 valence electrons. The summed E-state index contributed by atoms with van der Waals surface area (Å²) in [7, 11) is 0. The second kappa shape index (κ2) is 18.7. The largest absolute Gasteiger partial charge is 0.386 e. The van der Waals surface area contributed by atoms with E-state index in [1.54, 1.807) is 0 Å². The molecular formula is C21H35NO3. The van der Waals surface area contributed by atoms with Gasteiger partial charge in [0.15, 0.2) is 0 Å². The molecule has 0 aromatic carbocycles. The lowest BCUT2D eigenvalue weighted by Crippen LogP contribution is -2.18. The standard InChI is InChI=1S/C21H35NO3/c1-2-3-4-5-6-7-8-9-10-11-12-13-14-15-16-17-18-19-21(23)20-22(24)25/h6-7,9-10,12-13,15-16,21,23H,2-5,8,11,14,17-20H2,1H3. The Labute approximate surface area is 153 Å². The Morgan fingerprint density at radius 1 is 0.840 bits per heavy atom. The van der Waals surface area contributed by atoms with Gasteiger partial charge in [-0.3, -0.25) is 10.1 Å². The van der Waals surface area contributed by atoms with E-state index in [1.807, 2.05) is 0 Å². The Bertz CT molecular complexity index is 425. The van der Waals surface area contributed by atoms with Crippen LogP contribution in [-0.4, -0.2) is 22.7 Å². The van der Waals surface area contributed by atoms with E-state index < -0.39 is 11.0 Å². The third kappa shape index (κ3) is 20.3. The van der Waals surface area contributed by atoms with E-state index in [0.29, 0.717) is 6.42 Å². The van der Waals surface area contributed by atoms with Gasteiger partial charge in [0, 0.05) is 4.92 Å². The average molecular weight is 350 g/mol. The minimum Gasteiger partial charge on any atom is -0.386 e. The molecule has 0 bridgehead atoms. The highest BCUT2D eigenvalue weighted by atomic mass is 16.6. The summed E-state index contributed by atoms with van der Waals surface area (Å²) in [5, 5.41) is 19.6. The van der Waals surface area contributed by atoms with Gasteiger partial charge in [-0.05, 0) is 51.4 Å². The molecule has 0 aromatic rings. The molecule has 1 atom stereocenters. The predicted molar refractivity (Wildman–Crippen MR) is 106 cm³/mol. The molecule has 0 aliphatic carbocycles. The summed E-state index contributed by atoms with van der Waals surface area (Å²) >= 11 is 0. The van der Waals surface area contributed by atoms with E-state index in [4.69, 9.17) is 0 Å². The van der Waals surface area contributed by atoms with Gasteiger partial charge in [-0.15, -0.1) is 0 Å². The first-order chi connectivity index (χ1) is 12.2. The van der Waals surface area contributed by atoms with Crippen LogP contribution in [0.5, 0.6) is 0 Å². The van der Waals surface area contributed by atoms with Gasteiger partial charge < -0.3 is 5.11 Å². The van der Waals surface area contributed by atoms with Crippen molar-refractivity contribution in [3.05, 3.63) is 58.7 Å². The molecule has 0 rings (SSSR count). The number of aliphatic hydroxyl groups excluding tert-OH is 1. The fourth-order valence-corrected chi connectivity index (χ4v) is 2.30. The first kappa shape index (κ1) is 23.3. The van der Waals surface area contributed by atoms with Crippen LogP contribution in [0.3, 0.4) is 0 Å². The van der Waals surface area contributed by atoms with Crippen molar-refractivity contribution >= 4 is 0 Å². The highest BCUT2D eigenvalue weighted by Gasteiger charge is 2.09. The van der Waals surface area contributed by atoms with Crippen LogP contribution in [0.4, 0.5) is 0 Å². The number of aliphatic hydroxyl groups is 1. The molecule has 1 N–H and O–H groups in total. The van der Waals surface area contributed by atoms with Crippen LogP contribution >= 0.6 is 0 Å². The number of unbranched alkanes of at least 4 members (excludes halogenated alkanes) is 4. The molecule has 0 fully saturated rings. The SMILES string of the molecule is CCCCCC=CCC=CCC=CCC=CCCCC(O)C[N+](=O)[O-]. The van der Waals surface area contributed by atoms with Crippen molar-refractivity contribution in [2.45, 2.75) is 77.2 Å². The Kier molecular flexibility index (Phi) is 17.4. The molecular weight excluding hydrogens is 314 g/mol. The van der Waals surface area contributed by atoms with E-state index >= 15 is 0 Å². The zero-order chi connectivity index (χ0) is 18.6. The summed E-state index contributed by atoms with van der Waals surface area (Å²) in [6.07, 6.45) is 26.7. The van der Waals surface area contributed by atoms with Gasteiger partial charge in [0.2, 0.25) is 6.54 Å². The maximum atomic E-state index is 10.2. The van der Waals surface area contributed by atoms with Crippen molar-refractivity contribution < 1.29 is 10.0 Å². The van der Waals surface area contributed by atoms with Crippen molar-refractivity contribution in [2.24, 2.45) is 0 Å². The van der Waals surface area contributed by atoms with Crippen LogP contribution < -0.4 is 0 Å². The first-order valence-corrected chi connectivity index (χ1v) is 9.56. The van der Waals surface area contributed by atoms with Crippen LogP contribution in [0, 0.1) is 10.1 Å². The summed E-state index contributed by atoms with van der Waals surface area (Å²) in [6, 6.07) is 0. The van der Waals surface area contributed by atoms with E-state index in [2.05, 4.69) is 55.5 Å². The normalized spacial score (nSPS) is 13.7. The second-order valence-electron chi connectivity index (χ2n) is 6.19. The third-order valence-corrected chi connectivity index (χ3v) is 3.73. The molecule has 4 heteroatoms. The Morgan fingerprint density at radius 2 is 1.32 bits per heavy atom. The molecule has 0 aromatic heterocycles. The van der Waals surface area contributed by atoms with E-state index in [-0.39, 0.29) is 6.54 Å². The minimum atomic E-state index is -0.818. The number of allylic oxidation sites excluding steroid dienone is 8. The number of nitro groups is 1. The molecule has 0 radical (unpaired) electrons. The van der Waals surface area contributed by atoms with E-state index in [1.165, 1.54) is 25.7 Å². The molecule has 0 heterocycles. The second-order valence-corrected chi connectivity index (χ2v) is 6.19. The lowest BCUT2D eigenvalue weighted by molar-refractivity contribution is -0.490. The molecule has 0 aliphatic heterocycles. The zero-order valence-corrected chi connectivity index (χ0v) is 15.7. The monoisotopic (exact) mass is 349 g/mol. The van der Waals surface area contributed by atoms with Gasteiger partial charge in [0.25, 0.3) is 0 Å². The third-order valence-electron chi connectivity index (χ3n) is 3.73. The Morgan fingerprint density at radius 3 is 1.80 bits per heavy atom. The van der Waals surface area contributed by atoms with Crippen LogP contribution in [0.25, 0.3) is 0 Å². The molecule has 0 aliphatic rings. The van der Waals surface area contributed by atoms with Crippen LogP contribution in [0.2, 0.25) is 0 Å². The van der Waals surface area contributed by atoms with Gasteiger partial charge >= 0.3 is 0 Å². The molecule has 1 unspecified atom stereocenters. The van der Waals surface area contributed by atoms with Crippen molar-refractivity contribution in [3.63, 3.8) is 0 Å². The van der Waals surface area contributed by atoms with Crippen LogP contribution in [0.15, 0.2) is 48.6 Å². The van der Waals surface area contributed by atoms with Crippen LogP contribution in [0.1, 0.15) is 71.1 Å². The lowest BCUT2D eigenvalue weighted by Gasteiger charge is -2.03. The van der Waals surface area contributed by atoms with Gasteiger partial charge in [-0.2, -0.15) is 0 Å². The topological polar surface area (TPSA) is 63.4 Å². The average Bonchev–Trinajstić information content (AvgIpc) is 2.57. The first-order valence-electron chi connectivity index (χ1n) is 9.56. The van der Waals surface area contributed by atoms with E-state index in [9.17, 15) is 15.2 Å². The molecule has 0 amide bonds. The summed E-state index contributed by atoms with van der Waals surface area (Å²) in [6.45, 7) is 1.87. The Hall–Kier alpha value is -1.68. The fourth-order valence-electron chi connectivity index (χ4n) is 2.30. The maximum absolute atomic E-state index is 10.2. The number of hydrogen-bond donors (Lipinski definition) is 1. The van der Waals surface area contributed by atoms with Gasteiger partial charge in [-0.1, -0.05) is 68.4 Å². The summed E-state index contributed by atoms with van der Waals surface area (Å²) in [5.74, 6) is 0. The van der Waals surface area contributed by atoms with Crippen molar-refractivity contribution in [3.8, 4) is 0 Å². The van der Waals surface area contributed by atoms with Crippen molar-refractivity contribution in [2.75, 3.05) is 6.54 Å². The number of hydrogen-bond acceptors (Lipinski definition) is 3. The summed E-state index contributed by atoms with van der Waals surface area (Å²) in [4.78, 5) is 9.74. The van der Waals surface area contributed by atoms with Crippen LogP contribution in [-0.2, 0) is 0 Å². The summed E-state index contributed by atoms with van der Waals surface area (Å²) in [5.41, 5.74) is 0. The molecule has 0 saturated heterocycles. The number of rotatable bonds is 16. The minimum absolute atomic E-state index is 0.353. The van der Waals surface area contributed by atoms with E-state index in [0.717, 1.165) is 32.1 Å².